The fourth-order valence-corrected chi connectivity index (χ4v) is 2.80. The third-order valence-electron chi connectivity index (χ3n) is 2.97. The van der Waals surface area contributed by atoms with Gasteiger partial charge in [0, 0.05) is 12.0 Å². The molecule has 1 aliphatic heterocycles. The first-order chi connectivity index (χ1) is 8.66. The van der Waals surface area contributed by atoms with Gasteiger partial charge in [0.05, 0.1) is 0 Å². The summed E-state index contributed by atoms with van der Waals surface area (Å²) in [4.78, 5) is 0. The Morgan fingerprint density at radius 3 is 2.78 bits per heavy atom. The highest BCUT2D eigenvalue weighted by Gasteiger charge is 2.16. The van der Waals surface area contributed by atoms with Gasteiger partial charge in [-0.25, -0.2) is 13.1 Å². The molecule has 1 atom stereocenters. The number of nitrogens with one attached hydrogen (secondary N) is 2. The van der Waals surface area contributed by atoms with Gasteiger partial charge in [-0.1, -0.05) is 30.3 Å². The van der Waals surface area contributed by atoms with Crippen LogP contribution in [0.2, 0.25) is 0 Å². The molecular weight excluding hydrogens is 248 g/mol. The normalized spacial score (nSPS) is 20.6. The van der Waals surface area contributed by atoms with E-state index in [4.69, 9.17) is 0 Å². The Bertz CT molecular complexity index is 491. The molecule has 0 aromatic heterocycles. The van der Waals surface area contributed by atoms with E-state index >= 15 is 0 Å². The van der Waals surface area contributed by atoms with Gasteiger partial charge in [-0.3, -0.25) is 0 Å². The molecule has 98 valence electrons. The molecule has 1 aromatic rings. The molecule has 1 fully saturated rings. The van der Waals surface area contributed by atoms with Crippen LogP contribution >= 0.6 is 0 Å². The molecule has 0 radical (unpaired) electrons. The molecule has 18 heavy (non-hydrogen) atoms. The van der Waals surface area contributed by atoms with Gasteiger partial charge in [0.15, 0.2) is 0 Å². The summed E-state index contributed by atoms with van der Waals surface area (Å²) in [5.41, 5.74) is 0.880. The zero-order valence-corrected chi connectivity index (χ0v) is 11.0. The fraction of sp³-hybridized carbons (Fsp3) is 0.385. The minimum atomic E-state index is -3.33. The summed E-state index contributed by atoms with van der Waals surface area (Å²) in [6, 6.07) is 9.39. The molecule has 1 saturated heterocycles. The largest absolute Gasteiger partial charge is 0.316 e. The van der Waals surface area contributed by atoms with Gasteiger partial charge in [-0.15, -0.1) is 0 Å². The maximum Gasteiger partial charge on any atom is 0.233 e. The first-order valence-electron chi connectivity index (χ1n) is 6.09. The summed E-state index contributed by atoms with van der Waals surface area (Å²) in [6.45, 7) is 2.38. The predicted molar refractivity (Wildman–Crippen MR) is 73.4 cm³/mol. The van der Waals surface area contributed by atoms with Crippen molar-refractivity contribution >= 4 is 16.1 Å². The van der Waals surface area contributed by atoms with Crippen LogP contribution in [0, 0.1) is 5.92 Å². The highest BCUT2D eigenvalue weighted by Crippen LogP contribution is 2.07. The average Bonchev–Trinajstić information content (AvgIpc) is 2.89. The van der Waals surface area contributed by atoms with Crippen molar-refractivity contribution in [2.24, 2.45) is 5.92 Å². The second-order valence-electron chi connectivity index (χ2n) is 4.47. The molecule has 1 heterocycles. The fourth-order valence-electron chi connectivity index (χ4n) is 1.90. The van der Waals surface area contributed by atoms with E-state index in [1.54, 1.807) is 6.08 Å². The lowest BCUT2D eigenvalue weighted by Crippen LogP contribution is -2.28. The van der Waals surface area contributed by atoms with Crippen LogP contribution in [-0.4, -0.2) is 28.1 Å². The van der Waals surface area contributed by atoms with E-state index in [2.05, 4.69) is 10.0 Å². The Morgan fingerprint density at radius 2 is 2.11 bits per heavy atom. The van der Waals surface area contributed by atoms with Crippen LogP contribution in [0.1, 0.15) is 12.0 Å². The van der Waals surface area contributed by atoms with E-state index in [9.17, 15) is 8.42 Å². The van der Waals surface area contributed by atoms with Crippen LogP contribution in [0.5, 0.6) is 0 Å². The Kier molecular flexibility index (Phi) is 4.52. The van der Waals surface area contributed by atoms with Crippen molar-refractivity contribution in [2.75, 3.05) is 19.6 Å². The molecule has 2 rings (SSSR count). The third kappa shape index (κ3) is 4.25. The first kappa shape index (κ1) is 13.3. The van der Waals surface area contributed by atoms with Crippen LogP contribution in [0.4, 0.5) is 0 Å². The molecule has 1 unspecified atom stereocenters. The van der Waals surface area contributed by atoms with Crippen LogP contribution in [0.25, 0.3) is 6.08 Å². The summed E-state index contributed by atoms with van der Waals surface area (Å²) < 4.78 is 26.1. The van der Waals surface area contributed by atoms with Crippen LogP contribution in [0.15, 0.2) is 35.7 Å². The van der Waals surface area contributed by atoms with Gasteiger partial charge in [0.25, 0.3) is 0 Å². The van der Waals surface area contributed by atoms with Crippen molar-refractivity contribution in [3.63, 3.8) is 0 Å². The smallest absolute Gasteiger partial charge is 0.233 e. The monoisotopic (exact) mass is 266 g/mol. The lowest BCUT2D eigenvalue weighted by molar-refractivity contribution is 0.544. The summed E-state index contributed by atoms with van der Waals surface area (Å²) in [5.74, 6) is 0.407. The summed E-state index contributed by atoms with van der Waals surface area (Å²) in [7, 11) is -3.33. The summed E-state index contributed by atoms with van der Waals surface area (Å²) in [6.07, 6.45) is 2.64. The number of rotatable bonds is 5. The quantitative estimate of drug-likeness (QED) is 0.841. The van der Waals surface area contributed by atoms with Crippen LogP contribution < -0.4 is 10.0 Å². The Balaban J connectivity index is 1.88. The third-order valence-corrected chi connectivity index (χ3v) is 4.04. The van der Waals surface area contributed by atoms with Crippen LogP contribution in [0.3, 0.4) is 0 Å². The van der Waals surface area contributed by atoms with Gasteiger partial charge in [-0.2, -0.15) is 0 Å². The Morgan fingerprint density at radius 1 is 1.33 bits per heavy atom. The van der Waals surface area contributed by atoms with Gasteiger partial charge in [0.2, 0.25) is 10.0 Å². The minimum Gasteiger partial charge on any atom is -0.316 e. The van der Waals surface area contributed by atoms with Crippen molar-refractivity contribution in [2.45, 2.75) is 6.42 Å². The summed E-state index contributed by atoms with van der Waals surface area (Å²) >= 11 is 0. The van der Waals surface area contributed by atoms with E-state index in [1.165, 1.54) is 5.41 Å². The number of hydrogen-bond acceptors (Lipinski definition) is 3. The van der Waals surface area contributed by atoms with Crippen molar-refractivity contribution < 1.29 is 8.42 Å². The lowest BCUT2D eigenvalue weighted by Gasteiger charge is -2.08. The standard InChI is InChI=1S/C13H18N2O2S/c16-18(17,15-11-13-6-8-14-10-13)9-7-12-4-2-1-3-5-12/h1-5,7,9,13-15H,6,8,10-11H2/b9-7+. The van der Waals surface area contributed by atoms with Crippen molar-refractivity contribution in [1.82, 2.24) is 10.0 Å². The summed E-state index contributed by atoms with van der Waals surface area (Å²) in [5, 5.41) is 4.44. The van der Waals surface area contributed by atoms with Crippen LogP contribution in [-0.2, 0) is 10.0 Å². The predicted octanol–water partition coefficient (Wildman–Crippen LogP) is 1.19. The topological polar surface area (TPSA) is 58.2 Å². The lowest BCUT2D eigenvalue weighted by atomic mass is 10.1. The molecule has 0 aliphatic carbocycles. The van der Waals surface area contributed by atoms with Gasteiger partial charge in [-0.05, 0) is 37.1 Å². The molecule has 0 bridgehead atoms. The minimum absolute atomic E-state index is 0.407. The van der Waals surface area contributed by atoms with Gasteiger partial charge in [0.1, 0.15) is 0 Å². The molecule has 2 N–H and O–H groups in total. The molecule has 5 heteroatoms. The van der Waals surface area contributed by atoms with E-state index in [0.29, 0.717) is 12.5 Å². The molecular formula is C13H18N2O2S. The Labute approximate surface area is 108 Å². The first-order valence-corrected chi connectivity index (χ1v) is 7.64. The number of benzene rings is 1. The molecule has 4 nitrogen and oxygen atoms in total. The van der Waals surface area contributed by atoms with Gasteiger partial charge < -0.3 is 5.32 Å². The SMILES string of the molecule is O=S(=O)(/C=C/c1ccccc1)NCC1CCNC1. The van der Waals surface area contributed by atoms with E-state index in [-0.39, 0.29) is 0 Å². The van der Waals surface area contributed by atoms with Gasteiger partial charge >= 0.3 is 0 Å². The van der Waals surface area contributed by atoms with Crippen molar-refractivity contribution in [1.29, 1.82) is 0 Å². The molecule has 1 aliphatic rings. The highest BCUT2D eigenvalue weighted by molar-refractivity contribution is 7.92. The van der Waals surface area contributed by atoms with E-state index in [0.717, 1.165) is 25.1 Å². The molecule has 0 amide bonds. The second-order valence-corrected chi connectivity index (χ2v) is 6.12. The number of sulfonamides is 1. The van der Waals surface area contributed by atoms with Crippen molar-refractivity contribution in [3.05, 3.63) is 41.3 Å². The Hall–Kier alpha value is -1.17. The molecule has 0 spiro atoms. The average molecular weight is 266 g/mol. The van der Waals surface area contributed by atoms with E-state index < -0.39 is 10.0 Å². The maximum absolute atomic E-state index is 11.7. The molecule has 0 saturated carbocycles. The van der Waals surface area contributed by atoms with Crippen molar-refractivity contribution in [3.8, 4) is 0 Å². The zero-order valence-electron chi connectivity index (χ0n) is 10.2. The zero-order chi connectivity index (χ0) is 12.8. The maximum atomic E-state index is 11.7. The number of hydrogen-bond donors (Lipinski definition) is 2. The molecule has 1 aromatic carbocycles. The van der Waals surface area contributed by atoms with E-state index in [1.807, 2.05) is 30.3 Å². The highest BCUT2D eigenvalue weighted by atomic mass is 32.2. The second kappa shape index (κ2) is 6.13.